The molecule has 39 heavy (non-hydrogen) atoms. The Morgan fingerprint density at radius 2 is 1.49 bits per heavy atom. The van der Waals surface area contributed by atoms with Gasteiger partial charge in [-0.25, -0.2) is 8.78 Å². The number of aliphatic hydroxyl groups excluding tert-OH is 1. The average Bonchev–Trinajstić information content (AvgIpc) is 2.96. The Morgan fingerprint density at radius 1 is 0.846 bits per heavy atom. The predicted molar refractivity (Wildman–Crippen MR) is 147 cm³/mol. The quantitative estimate of drug-likeness (QED) is 0.190. The fourth-order valence-electron chi connectivity index (χ4n) is 4.94. The molecule has 7 heteroatoms. The first kappa shape index (κ1) is 26.3. The van der Waals surface area contributed by atoms with Gasteiger partial charge in [0.2, 0.25) is 5.91 Å². The van der Waals surface area contributed by atoms with Crippen molar-refractivity contribution >= 4 is 17.3 Å². The number of aliphatic hydroxyl groups is 1. The minimum atomic E-state index is -0.402. The summed E-state index contributed by atoms with van der Waals surface area (Å²) in [5.74, 6) is -0.438. The average molecular weight is 527 g/mol. The third kappa shape index (κ3) is 6.04. The molecule has 1 aliphatic heterocycles. The number of aliphatic imine (C=N–C) groups is 1. The molecule has 2 atom stereocenters. The molecular weight excluding hydrogens is 498 g/mol. The molecule has 5 nitrogen and oxygen atoms in total. The molecule has 0 spiro atoms. The molecule has 5 rings (SSSR count). The zero-order valence-corrected chi connectivity index (χ0v) is 21.2. The Hall–Kier alpha value is -4.36. The van der Waals surface area contributed by atoms with E-state index in [2.05, 4.69) is 4.99 Å². The zero-order chi connectivity index (χ0) is 27.2. The maximum atomic E-state index is 13.6. The van der Waals surface area contributed by atoms with Crippen LogP contribution in [0.25, 0.3) is 0 Å². The smallest absolute Gasteiger partial charge is 0.233 e. The van der Waals surface area contributed by atoms with Gasteiger partial charge in [0.1, 0.15) is 30.7 Å². The molecular formula is C32H28F2N2O3. The number of hydrogen-bond donors (Lipinski definition) is 1. The van der Waals surface area contributed by atoms with E-state index < -0.39 is 6.73 Å². The van der Waals surface area contributed by atoms with Gasteiger partial charge >= 0.3 is 0 Å². The van der Waals surface area contributed by atoms with Gasteiger partial charge in [-0.1, -0.05) is 54.6 Å². The lowest BCUT2D eigenvalue weighted by Gasteiger charge is -2.47. The van der Waals surface area contributed by atoms with Crippen LogP contribution < -0.4 is 9.64 Å². The first-order chi connectivity index (χ1) is 19.0. The van der Waals surface area contributed by atoms with Crippen LogP contribution in [0.3, 0.4) is 0 Å². The highest BCUT2D eigenvalue weighted by atomic mass is 19.1. The maximum absolute atomic E-state index is 13.6. The summed E-state index contributed by atoms with van der Waals surface area (Å²) in [7, 11) is 0. The standard InChI is InChI=1S/C32H28F2N2O3/c33-25-10-6-23(7-11-25)30(35-21-37)19-18-29-31(36(32(29)38)27-14-12-26(34)13-15-27)24-8-16-28(17-9-24)39-20-22-4-2-1-3-5-22/h1-17,29,31,37H,18-21H2/b35-30-/t29-,31-/m1/s1. The predicted octanol–water partition coefficient (Wildman–Crippen LogP) is 6.47. The summed E-state index contributed by atoms with van der Waals surface area (Å²) in [5, 5.41) is 9.45. The van der Waals surface area contributed by atoms with Crippen molar-refractivity contribution in [2.45, 2.75) is 25.5 Å². The number of halogens is 2. The SMILES string of the molecule is O=C1[C@H](CC/C(=N/CO)c2ccc(F)cc2)[C@@H](c2ccc(OCc3ccccc3)cc2)N1c1ccc(F)cc1. The Balaban J connectivity index is 1.36. The molecule has 0 aromatic heterocycles. The van der Waals surface area contributed by atoms with E-state index in [1.54, 1.807) is 29.2 Å². The van der Waals surface area contributed by atoms with Crippen molar-refractivity contribution in [2.24, 2.45) is 10.9 Å². The third-order valence-electron chi connectivity index (χ3n) is 6.92. The topological polar surface area (TPSA) is 62.1 Å². The van der Waals surface area contributed by atoms with Gasteiger partial charge in [-0.3, -0.25) is 9.79 Å². The summed E-state index contributed by atoms with van der Waals surface area (Å²) in [6.07, 6.45) is 0.901. The van der Waals surface area contributed by atoms with Crippen LogP contribution in [0, 0.1) is 17.6 Å². The first-order valence-corrected chi connectivity index (χ1v) is 12.8. The number of anilines is 1. The Kier molecular flexibility index (Phi) is 8.08. The molecule has 0 bridgehead atoms. The van der Waals surface area contributed by atoms with Gasteiger partial charge in [-0.05, 0) is 78.1 Å². The van der Waals surface area contributed by atoms with E-state index in [-0.39, 0.29) is 29.5 Å². The molecule has 0 unspecified atom stereocenters. The molecule has 0 radical (unpaired) electrons. The van der Waals surface area contributed by atoms with Gasteiger partial charge in [0.05, 0.1) is 12.0 Å². The number of ether oxygens (including phenoxy) is 1. The molecule has 4 aromatic rings. The number of benzene rings is 4. The van der Waals surface area contributed by atoms with Crippen molar-refractivity contribution in [3.8, 4) is 5.75 Å². The van der Waals surface area contributed by atoms with E-state index in [1.807, 2.05) is 54.6 Å². The van der Waals surface area contributed by atoms with Gasteiger partial charge in [-0.2, -0.15) is 0 Å². The highest BCUT2D eigenvalue weighted by molar-refractivity contribution is 6.04. The summed E-state index contributed by atoms with van der Waals surface area (Å²) < 4.78 is 33.0. The van der Waals surface area contributed by atoms with E-state index in [4.69, 9.17) is 4.74 Å². The Bertz CT molecular complexity index is 1420. The van der Waals surface area contributed by atoms with E-state index in [0.717, 1.165) is 11.1 Å². The second-order valence-corrected chi connectivity index (χ2v) is 9.37. The lowest BCUT2D eigenvalue weighted by atomic mass is 9.78. The van der Waals surface area contributed by atoms with Crippen LogP contribution in [0.2, 0.25) is 0 Å². The van der Waals surface area contributed by atoms with Crippen molar-refractivity contribution in [3.63, 3.8) is 0 Å². The second kappa shape index (κ2) is 12.0. The lowest BCUT2D eigenvalue weighted by Crippen LogP contribution is -2.55. The molecule has 1 amide bonds. The van der Waals surface area contributed by atoms with Crippen LogP contribution in [0.15, 0.2) is 108 Å². The highest BCUT2D eigenvalue weighted by Crippen LogP contribution is 2.46. The van der Waals surface area contributed by atoms with Crippen LogP contribution >= 0.6 is 0 Å². The van der Waals surface area contributed by atoms with E-state index >= 15 is 0 Å². The molecule has 198 valence electrons. The molecule has 1 heterocycles. The van der Waals surface area contributed by atoms with Gasteiger partial charge in [0, 0.05) is 11.4 Å². The highest BCUT2D eigenvalue weighted by Gasteiger charge is 2.48. The number of nitrogens with zero attached hydrogens (tertiary/aromatic N) is 2. The van der Waals surface area contributed by atoms with Gasteiger partial charge < -0.3 is 14.7 Å². The van der Waals surface area contributed by atoms with Crippen LogP contribution in [-0.4, -0.2) is 23.5 Å². The van der Waals surface area contributed by atoms with Crippen molar-refractivity contribution in [2.75, 3.05) is 11.6 Å². The molecule has 4 aromatic carbocycles. The van der Waals surface area contributed by atoms with Crippen LogP contribution in [0.4, 0.5) is 14.5 Å². The van der Waals surface area contributed by atoms with Crippen molar-refractivity contribution in [3.05, 3.63) is 131 Å². The van der Waals surface area contributed by atoms with Crippen LogP contribution in [-0.2, 0) is 11.4 Å². The largest absolute Gasteiger partial charge is 0.489 e. The maximum Gasteiger partial charge on any atom is 0.233 e. The van der Waals surface area contributed by atoms with Gasteiger partial charge in [0.15, 0.2) is 0 Å². The second-order valence-electron chi connectivity index (χ2n) is 9.37. The summed E-state index contributed by atoms with van der Waals surface area (Å²) in [6, 6.07) is 29.1. The molecule has 1 fully saturated rings. The van der Waals surface area contributed by atoms with Crippen LogP contribution in [0.5, 0.6) is 5.75 Å². The van der Waals surface area contributed by atoms with Crippen LogP contribution in [0.1, 0.15) is 35.6 Å². The normalized spacial score (nSPS) is 17.2. The Morgan fingerprint density at radius 3 is 2.13 bits per heavy atom. The fraction of sp³-hybridized carbons (Fsp3) is 0.188. The number of hydrogen-bond acceptors (Lipinski definition) is 4. The minimum Gasteiger partial charge on any atom is -0.489 e. The number of carbonyl (C=O) groups excluding carboxylic acids is 1. The van der Waals surface area contributed by atoms with E-state index in [9.17, 15) is 18.7 Å². The summed E-state index contributed by atoms with van der Waals surface area (Å²) in [6.45, 7) is 0.0453. The minimum absolute atomic E-state index is 0.0709. The zero-order valence-electron chi connectivity index (χ0n) is 21.2. The van der Waals surface area contributed by atoms with E-state index in [0.29, 0.717) is 42.2 Å². The number of β-lactam (4-membered cyclic amide) rings is 1. The Labute approximate surface area is 226 Å². The van der Waals surface area contributed by atoms with Crippen molar-refractivity contribution in [1.29, 1.82) is 0 Å². The van der Waals surface area contributed by atoms with Gasteiger partial charge in [0.25, 0.3) is 0 Å². The fourth-order valence-corrected chi connectivity index (χ4v) is 4.94. The lowest BCUT2D eigenvalue weighted by molar-refractivity contribution is -0.130. The number of amides is 1. The molecule has 1 aliphatic rings. The first-order valence-electron chi connectivity index (χ1n) is 12.8. The van der Waals surface area contributed by atoms with E-state index in [1.165, 1.54) is 24.3 Å². The summed E-state index contributed by atoms with van der Waals surface area (Å²) in [5.41, 5.74) is 3.92. The van der Waals surface area contributed by atoms with Crippen molar-refractivity contribution in [1.82, 2.24) is 0 Å². The monoisotopic (exact) mass is 526 g/mol. The van der Waals surface area contributed by atoms with Gasteiger partial charge in [-0.15, -0.1) is 0 Å². The van der Waals surface area contributed by atoms with Crippen molar-refractivity contribution < 1.29 is 23.4 Å². The molecule has 0 saturated carbocycles. The summed E-state index contributed by atoms with van der Waals surface area (Å²) >= 11 is 0. The summed E-state index contributed by atoms with van der Waals surface area (Å²) in [4.78, 5) is 19.3. The number of carbonyl (C=O) groups is 1. The molecule has 1 N–H and O–H groups in total. The molecule has 0 aliphatic carbocycles. The third-order valence-corrected chi connectivity index (χ3v) is 6.92. The number of rotatable bonds is 10. The molecule has 1 saturated heterocycles.